The van der Waals surface area contributed by atoms with Gasteiger partial charge in [0.25, 0.3) is 0 Å². The van der Waals surface area contributed by atoms with E-state index < -0.39 is 0 Å². The first-order chi connectivity index (χ1) is 13.6. The maximum atomic E-state index is 12.0. The second kappa shape index (κ2) is 7.87. The van der Waals surface area contributed by atoms with Gasteiger partial charge in [-0.25, -0.2) is 9.97 Å². The molecule has 1 aromatic carbocycles. The number of aromatic nitrogens is 2. The average Bonchev–Trinajstić information content (AvgIpc) is 3.01. The fourth-order valence-corrected chi connectivity index (χ4v) is 4.79. The molecule has 2 aromatic heterocycles. The summed E-state index contributed by atoms with van der Waals surface area (Å²) in [6, 6.07) is 10.4. The molecule has 0 atom stereocenters. The molecule has 0 unspecified atom stereocenters. The maximum Gasteiger partial charge on any atom is 0.222 e. The van der Waals surface area contributed by atoms with E-state index in [2.05, 4.69) is 43.0 Å². The van der Waals surface area contributed by atoms with Crippen molar-refractivity contribution >= 4 is 33.3 Å². The van der Waals surface area contributed by atoms with Crippen molar-refractivity contribution in [2.75, 3.05) is 31.1 Å². The normalized spacial score (nSPS) is 14.7. The summed E-state index contributed by atoms with van der Waals surface area (Å²) < 4.78 is 0. The summed E-state index contributed by atoms with van der Waals surface area (Å²) in [6.45, 7) is 9.39. The van der Waals surface area contributed by atoms with Gasteiger partial charge in [-0.2, -0.15) is 0 Å². The zero-order valence-corrected chi connectivity index (χ0v) is 17.6. The van der Waals surface area contributed by atoms with Crippen LogP contribution in [-0.4, -0.2) is 47.0 Å². The quantitative estimate of drug-likeness (QED) is 0.672. The molecule has 4 rings (SSSR count). The van der Waals surface area contributed by atoms with Crippen LogP contribution in [-0.2, 0) is 11.2 Å². The predicted molar refractivity (Wildman–Crippen MR) is 115 cm³/mol. The molecule has 0 spiro atoms. The van der Waals surface area contributed by atoms with Gasteiger partial charge < -0.3 is 9.80 Å². The summed E-state index contributed by atoms with van der Waals surface area (Å²) >= 11 is 1.75. The van der Waals surface area contributed by atoms with Crippen LogP contribution in [0.15, 0.2) is 30.3 Å². The van der Waals surface area contributed by atoms with E-state index >= 15 is 0 Å². The van der Waals surface area contributed by atoms with E-state index in [1.54, 1.807) is 11.3 Å². The summed E-state index contributed by atoms with van der Waals surface area (Å²) in [5.74, 6) is 2.13. The topological polar surface area (TPSA) is 49.3 Å². The van der Waals surface area contributed by atoms with Crippen LogP contribution < -0.4 is 4.90 Å². The molecule has 1 fully saturated rings. The van der Waals surface area contributed by atoms with Gasteiger partial charge in [-0.1, -0.05) is 37.3 Å². The second-order valence-electron chi connectivity index (χ2n) is 7.31. The van der Waals surface area contributed by atoms with Crippen LogP contribution >= 0.6 is 11.3 Å². The van der Waals surface area contributed by atoms with Crippen LogP contribution in [0.2, 0.25) is 0 Å². The van der Waals surface area contributed by atoms with Crippen LogP contribution in [0.5, 0.6) is 0 Å². The number of amides is 1. The molecule has 1 aliphatic heterocycles. The molecule has 146 valence electrons. The number of hydrogen-bond acceptors (Lipinski definition) is 5. The number of piperazine rings is 1. The number of fused-ring (bicyclic) bond motifs is 1. The van der Waals surface area contributed by atoms with E-state index in [1.807, 2.05) is 17.9 Å². The van der Waals surface area contributed by atoms with Crippen molar-refractivity contribution in [2.24, 2.45) is 0 Å². The number of carbonyl (C=O) groups excluding carboxylic acids is 1. The predicted octanol–water partition coefficient (Wildman–Crippen LogP) is 3.96. The van der Waals surface area contributed by atoms with E-state index in [9.17, 15) is 4.79 Å². The lowest BCUT2D eigenvalue weighted by Crippen LogP contribution is -2.49. The third-order valence-corrected chi connectivity index (χ3v) is 6.60. The van der Waals surface area contributed by atoms with Gasteiger partial charge in [0.15, 0.2) is 0 Å². The van der Waals surface area contributed by atoms with E-state index in [1.165, 1.54) is 21.4 Å². The summed E-state index contributed by atoms with van der Waals surface area (Å²) in [6.07, 6.45) is 1.30. The van der Waals surface area contributed by atoms with Crippen molar-refractivity contribution in [3.8, 4) is 0 Å². The van der Waals surface area contributed by atoms with Crippen molar-refractivity contribution in [2.45, 2.75) is 33.6 Å². The molecule has 0 bridgehead atoms. The van der Waals surface area contributed by atoms with Gasteiger partial charge in [0.05, 0.1) is 5.39 Å². The molecule has 1 aliphatic rings. The minimum Gasteiger partial charge on any atom is -0.352 e. The van der Waals surface area contributed by atoms with Crippen molar-refractivity contribution in [3.05, 3.63) is 52.2 Å². The second-order valence-corrected chi connectivity index (χ2v) is 8.51. The molecular formula is C22H26N4OS. The van der Waals surface area contributed by atoms with Crippen molar-refractivity contribution in [1.82, 2.24) is 14.9 Å². The van der Waals surface area contributed by atoms with Crippen LogP contribution in [0.1, 0.15) is 35.2 Å². The minimum atomic E-state index is 0.236. The standard InChI is InChI=1S/C22H26N4OS/c1-4-19(27)25-10-12-26(13-11-25)21-20-15(2)16(3)28-22(20)24-18(23-21)14-17-8-6-5-7-9-17/h5-9H,4,10-14H2,1-3H3. The Labute approximate surface area is 170 Å². The number of carbonyl (C=O) groups is 1. The van der Waals surface area contributed by atoms with Gasteiger partial charge in [0.1, 0.15) is 16.5 Å². The molecule has 0 N–H and O–H groups in total. The Morgan fingerprint density at radius 2 is 1.79 bits per heavy atom. The van der Waals surface area contributed by atoms with E-state index in [-0.39, 0.29) is 5.91 Å². The third-order valence-electron chi connectivity index (χ3n) is 5.50. The molecule has 0 saturated carbocycles. The van der Waals surface area contributed by atoms with Gasteiger partial charge in [0.2, 0.25) is 5.91 Å². The molecule has 1 amide bonds. The number of rotatable bonds is 4. The molecule has 3 heterocycles. The van der Waals surface area contributed by atoms with Crippen LogP contribution in [0.25, 0.3) is 10.2 Å². The first-order valence-corrected chi connectivity index (χ1v) is 10.7. The monoisotopic (exact) mass is 394 g/mol. The molecule has 5 nitrogen and oxygen atoms in total. The molecule has 28 heavy (non-hydrogen) atoms. The third kappa shape index (κ3) is 3.61. The average molecular weight is 395 g/mol. The highest BCUT2D eigenvalue weighted by atomic mass is 32.1. The van der Waals surface area contributed by atoms with Crippen molar-refractivity contribution in [3.63, 3.8) is 0 Å². The first kappa shape index (κ1) is 18.9. The Morgan fingerprint density at radius 1 is 1.07 bits per heavy atom. The summed E-state index contributed by atoms with van der Waals surface area (Å²) in [4.78, 5) is 28.6. The van der Waals surface area contributed by atoms with Gasteiger partial charge in [0, 0.05) is 43.9 Å². The zero-order chi connectivity index (χ0) is 19.7. The Balaban J connectivity index is 1.69. The van der Waals surface area contributed by atoms with Crippen molar-refractivity contribution < 1.29 is 4.79 Å². The fourth-order valence-electron chi connectivity index (χ4n) is 3.75. The molecule has 6 heteroatoms. The maximum absolute atomic E-state index is 12.0. The SMILES string of the molecule is CCC(=O)N1CCN(c2nc(Cc3ccccc3)nc3sc(C)c(C)c23)CC1. The fraction of sp³-hybridized carbons (Fsp3) is 0.409. The number of aryl methyl sites for hydroxylation is 2. The van der Waals surface area contributed by atoms with Gasteiger partial charge >= 0.3 is 0 Å². The highest BCUT2D eigenvalue weighted by Gasteiger charge is 2.24. The number of hydrogen-bond donors (Lipinski definition) is 0. The Morgan fingerprint density at radius 3 is 2.46 bits per heavy atom. The Bertz CT molecular complexity index is 991. The van der Waals surface area contributed by atoms with E-state index in [0.29, 0.717) is 6.42 Å². The number of benzene rings is 1. The highest BCUT2D eigenvalue weighted by molar-refractivity contribution is 7.18. The number of anilines is 1. The summed E-state index contributed by atoms with van der Waals surface area (Å²) in [7, 11) is 0. The van der Waals surface area contributed by atoms with E-state index in [4.69, 9.17) is 9.97 Å². The molecule has 1 saturated heterocycles. The summed E-state index contributed by atoms with van der Waals surface area (Å²) in [5, 5.41) is 1.18. The molecule has 0 radical (unpaired) electrons. The van der Waals surface area contributed by atoms with Crippen LogP contribution in [0.4, 0.5) is 5.82 Å². The number of nitrogens with zero attached hydrogens (tertiary/aromatic N) is 4. The van der Waals surface area contributed by atoms with Gasteiger partial charge in [-0.05, 0) is 25.0 Å². The largest absolute Gasteiger partial charge is 0.352 e. The zero-order valence-electron chi connectivity index (χ0n) is 16.7. The lowest BCUT2D eigenvalue weighted by Gasteiger charge is -2.35. The molecule has 3 aromatic rings. The van der Waals surface area contributed by atoms with E-state index in [0.717, 1.165) is 49.1 Å². The van der Waals surface area contributed by atoms with Crippen LogP contribution in [0, 0.1) is 13.8 Å². The van der Waals surface area contributed by atoms with Gasteiger partial charge in [-0.15, -0.1) is 11.3 Å². The smallest absolute Gasteiger partial charge is 0.222 e. The van der Waals surface area contributed by atoms with Crippen LogP contribution in [0.3, 0.4) is 0 Å². The highest BCUT2D eigenvalue weighted by Crippen LogP contribution is 2.35. The number of thiophene rings is 1. The van der Waals surface area contributed by atoms with Crippen molar-refractivity contribution in [1.29, 1.82) is 0 Å². The Kier molecular flexibility index (Phi) is 5.31. The Hall–Kier alpha value is -2.47. The molecule has 0 aliphatic carbocycles. The lowest BCUT2D eigenvalue weighted by molar-refractivity contribution is -0.131. The minimum absolute atomic E-state index is 0.236. The first-order valence-electron chi connectivity index (χ1n) is 9.90. The molecular weight excluding hydrogens is 368 g/mol. The summed E-state index contributed by atoms with van der Waals surface area (Å²) in [5.41, 5.74) is 2.49. The lowest BCUT2D eigenvalue weighted by atomic mass is 10.1. The van der Waals surface area contributed by atoms with Gasteiger partial charge in [-0.3, -0.25) is 4.79 Å².